The molecule has 96 valence electrons. The van der Waals surface area contributed by atoms with Gasteiger partial charge in [-0.25, -0.2) is 0 Å². The minimum Gasteiger partial charge on any atom is -0.368 e. The fourth-order valence-corrected chi connectivity index (χ4v) is 1.23. The molecule has 1 aromatic carbocycles. The number of hydrogen-bond donors (Lipinski definition) is 1. The smallest absolute Gasteiger partial charge is 0.368 e. The Balaban J connectivity index is 2.09. The maximum Gasteiger partial charge on any atom is 0.414 e. The highest BCUT2D eigenvalue weighted by Crippen LogP contribution is 2.21. The van der Waals surface area contributed by atoms with Crippen molar-refractivity contribution in [1.29, 1.82) is 0 Å². The van der Waals surface area contributed by atoms with Crippen LogP contribution in [0.2, 0.25) is 0 Å². The Hall–Kier alpha value is -1.07. The molecule has 0 aliphatic heterocycles. The third-order valence-corrected chi connectivity index (χ3v) is 2.28. The van der Waals surface area contributed by atoms with Gasteiger partial charge < -0.3 is 10.1 Å². The summed E-state index contributed by atoms with van der Waals surface area (Å²) in [5, 5.41) is 3.02. The van der Waals surface area contributed by atoms with E-state index in [0.717, 1.165) is 12.5 Å². The second-order valence-corrected chi connectivity index (χ2v) is 3.72. The van der Waals surface area contributed by atoms with Crippen molar-refractivity contribution in [3.05, 3.63) is 35.9 Å². The first-order chi connectivity index (χ1) is 8.00. The number of ether oxygens (including phenoxy) is 1. The molecule has 0 aliphatic rings. The molecule has 0 heterocycles. The van der Waals surface area contributed by atoms with Gasteiger partial charge in [0.05, 0.1) is 6.61 Å². The summed E-state index contributed by atoms with van der Waals surface area (Å²) in [5.41, 5.74) is 1.09. The van der Waals surface area contributed by atoms with Crippen molar-refractivity contribution in [2.75, 3.05) is 13.2 Å². The van der Waals surface area contributed by atoms with Gasteiger partial charge in [0.15, 0.2) is 6.10 Å². The van der Waals surface area contributed by atoms with Gasteiger partial charge in [-0.15, -0.1) is 0 Å². The minimum atomic E-state index is -4.28. The van der Waals surface area contributed by atoms with E-state index in [9.17, 15) is 13.2 Å². The zero-order valence-corrected chi connectivity index (χ0v) is 9.63. The molecule has 1 unspecified atom stereocenters. The van der Waals surface area contributed by atoms with Crippen LogP contribution in [-0.2, 0) is 11.3 Å². The molecule has 1 aromatic rings. The fourth-order valence-electron chi connectivity index (χ4n) is 1.23. The van der Waals surface area contributed by atoms with E-state index >= 15 is 0 Å². The molecule has 0 amide bonds. The maximum absolute atomic E-state index is 12.1. The highest BCUT2D eigenvalue weighted by Gasteiger charge is 2.36. The summed E-state index contributed by atoms with van der Waals surface area (Å²) in [5.74, 6) is 0. The van der Waals surface area contributed by atoms with Gasteiger partial charge in [0.25, 0.3) is 0 Å². The second kappa shape index (κ2) is 6.61. The Morgan fingerprint density at radius 1 is 1.24 bits per heavy atom. The van der Waals surface area contributed by atoms with Gasteiger partial charge in [-0.1, -0.05) is 30.3 Å². The molecule has 1 N–H and O–H groups in total. The Morgan fingerprint density at radius 2 is 1.88 bits per heavy atom. The molecule has 0 radical (unpaired) electrons. The van der Waals surface area contributed by atoms with E-state index in [1.807, 2.05) is 30.3 Å². The maximum atomic E-state index is 12.1. The zero-order valence-electron chi connectivity index (χ0n) is 9.63. The number of rotatable bonds is 6. The highest BCUT2D eigenvalue weighted by atomic mass is 19.4. The monoisotopic (exact) mass is 247 g/mol. The predicted octanol–water partition coefficient (Wildman–Crippen LogP) is 2.74. The quantitative estimate of drug-likeness (QED) is 0.780. The van der Waals surface area contributed by atoms with Crippen LogP contribution in [0.3, 0.4) is 0 Å². The van der Waals surface area contributed by atoms with E-state index in [4.69, 9.17) is 0 Å². The highest BCUT2D eigenvalue weighted by molar-refractivity contribution is 5.14. The topological polar surface area (TPSA) is 21.3 Å². The van der Waals surface area contributed by atoms with Crippen molar-refractivity contribution in [3.63, 3.8) is 0 Å². The average Bonchev–Trinajstić information content (AvgIpc) is 2.28. The molecule has 1 rings (SSSR count). The van der Waals surface area contributed by atoms with Crippen LogP contribution in [0.4, 0.5) is 13.2 Å². The second-order valence-electron chi connectivity index (χ2n) is 3.72. The molecule has 0 spiro atoms. The Bertz CT molecular complexity index is 313. The van der Waals surface area contributed by atoms with Gasteiger partial charge >= 0.3 is 6.18 Å². The van der Waals surface area contributed by atoms with Crippen LogP contribution in [0.1, 0.15) is 12.5 Å². The van der Waals surface area contributed by atoms with Gasteiger partial charge in [-0.05, 0) is 12.5 Å². The fraction of sp³-hybridized carbons (Fsp3) is 0.500. The van der Waals surface area contributed by atoms with Crippen LogP contribution < -0.4 is 5.32 Å². The minimum absolute atomic E-state index is 0.0491. The van der Waals surface area contributed by atoms with Crippen molar-refractivity contribution in [1.82, 2.24) is 5.32 Å². The lowest BCUT2D eigenvalue weighted by Crippen LogP contribution is -2.31. The van der Waals surface area contributed by atoms with Gasteiger partial charge in [0, 0.05) is 13.1 Å². The first-order valence-corrected chi connectivity index (χ1v) is 5.43. The first-order valence-electron chi connectivity index (χ1n) is 5.43. The average molecular weight is 247 g/mol. The lowest BCUT2D eigenvalue weighted by molar-refractivity contribution is -0.213. The van der Waals surface area contributed by atoms with Crippen molar-refractivity contribution >= 4 is 0 Å². The molecule has 0 aliphatic carbocycles. The molecule has 0 fully saturated rings. The standard InChI is InChI=1S/C12H16F3NO/c1-10(12(13,14)15)17-8-7-16-9-11-5-3-2-4-6-11/h2-6,10,16H,7-9H2,1H3. The summed E-state index contributed by atoms with van der Waals surface area (Å²) < 4.78 is 40.9. The molecule has 1 atom stereocenters. The lowest BCUT2D eigenvalue weighted by atomic mass is 10.2. The summed E-state index contributed by atoms with van der Waals surface area (Å²) in [6.45, 7) is 2.09. The van der Waals surface area contributed by atoms with Crippen LogP contribution in [0, 0.1) is 0 Å². The van der Waals surface area contributed by atoms with E-state index in [1.54, 1.807) is 0 Å². The van der Waals surface area contributed by atoms with Crippen molar-refractivity contribution < 1.29 is 17.9 Å². The molecule has 5 heteroatoms. The summed E-state index contributed by atoms with van der Waals surface area (Å²) in [7, 11) is 0. The molecular formula is C12H16F3NO. The SMILES string of the molecule is CC(OCCNCc1ccccc1)C(F)(F)F. The van der Waals surface area contributed by atoms with Crippen LogP contribution in [0.15, 0.2) is 30.3 Å². The first kappa shape index (κ1) is 14.0. The van der Waals surface area contributed by atoms with Crippen LogP contribution in [0.5, 0.6) is 0 Å². The van der Waals surface area contributed by atoms with E-state index in [1.165, 1.54) is 0 Å². The number of nitrogens with one attached hydrogen (secondary N) is 1. The third-order valence-electron chi connectivity index (χ3n) is 2.28. The van der Waals surface area contributed by atoms with Gasteiger partial charge in [-0.2, -0.15) is 13.2 Å². The van der Waals surface area contributed by atoms with E-state index < -0.39 is 12.3 Å². The predicted molar refractivity (Wildman–Crippen MR) is 59.6 cm³/mol. The molecule has 17 heavy (non-hydrogen) atoms. The van der Waals surface area contributed by atoms with Crippen LogP contribution >= 0.6 is 0 Å². The Labute approximate surface area is 98.8 Å². The summed E-state index contributed by atoms with van der Waals surface area (Å²) in [6.07, 6.45) is -5.99. The molecule has 0 saturated heterocycles. The normalized spacial score (nSPS) is 13.6. The van der Waals surface area contributed by atoms with Gasteiger partial charge in [0.1, 0.15) is 0 Å². The molecule has 0 aromatic heterocycles. The largest absolute Gasteiger partial charge is 0.414 e. The zero-order chi connectivity index (χ0) is 12.7. The number of benzene rings is 1. The molecule has 2 nitrogen and oxygen atoms in total. The van der Waals surface area contributed by atoms with Gasteiger partial charge in [0.2, 0.25) is 0 Å². The molecule has 0 bridgehead atoms. The lowest BCUT2D eigenvalue weighted by Gasteiger charge is -2.16. The number of hydrogen-bond acceptors (Lipinski definition) is 2. The van der Waals surface area contributed by atoms with Crippen LogP contribution in [-0.4, -0.2) is 25.4 Å². The third kappa shape index (κ3) is 5.70. The Kier molecular flexibility index (Phi) is 5.44. The van der Waals surface area contributed by atoms with Crippen molar-refractivity contribution in [2.24, 2.45) is 0 Å². The summed E-state index contributed by atoms with van der Waals surface area (Å²) in [6, 6.07) is 9.65. The van der Waals surface area contributed by atoms with Crippen molar-refractivity contribution in [3.8, 4) is 0 Å². The molecular weight excluding hydrogens is 231 g/mol. The number of halogens is 3. The van der Waals surface area contributed by atoms with Crippen LogP contribution in [0.25, 0.3) is 0 Å². The molecule has 0 saturated carbocycles. The van der Waals surface area contributed by atoms with E-state index in [-0.39, 0.29) is 6.61 Å². The summed E-state index contributed by atoms with van der Waals surface area (Å²) in [4.78, 5) is 0. The van der Waals surface area contributed by atoms with Crippen molar-refractivity contribution in [2.45, 2.75) is 25.7 Å². The van der Waals surface area contributed by atoms with E-state index in [2.05, 4.69) is 10.1 Å². The summed E-state index contributed by atoms with van der Waals surface area (Å²) >= 11 is 0. The Morgan fingerprint density at radius 3 is 2.47 bits per heavy atom. The number of alkyl halides is 3. The van der Waals surface area contributed by atoms with Gasteiger partial charge in [-0.3, -0.25) is 0 Å². The van der Waals surface area contributed by atoms with E-state index in [0.29, 0.717) is 13.1 Å².